The molecule has 4 atom stereocenters. The van der Waals surface area contributed by atoms with Crippen LogP contribution in [0.3, 0.4) is 0 Å². The van der Waals surface area contributed by atoms with Gasteiger partial charge < -0.3 is 19.1 Å². The number of methoxy groups -OCH3 is 1. The smallest absolute Gasteiger partial charge is 0.340 e. The van der Waals surface area contributed by atoms with Crippen LogP contribution < -0.4 is 9.80 Å². The van der Waals surface area contributed by atoms with Crippen molar-refractivity contribution < 1.29 is 28.6 Å². The van der Waals surface area contributed by atoms with Crippen molar-refractivity contribution in [1.82, 2.24) is 0 Å². The van der Waals surface area contributed by atoms with Gasteiger partial charge in [-0.15, -0.1) is 0 Å². The van der Waals surface area contributed by atoms with Gasteiger partial charge in [0.05, 0.1) is 61.3 Å². The fraction of sp³-hybridized carbons (Fsp3) is 0.550. The number of hydrogen-bond donors (Lipinski definition) is 0. The minimum atomic E-state index is -0.494. The van der Waals surface area contributed by atoms with E-state index in [0.717, 1.165) is 18.5 Å². The molecule has 1 aromatic rings. The number of anilines is 2. The number of ether oxygens (including phenoxy) is 3. The average molecular weight is 386 g/mol. The van der Waals surface area contributed by atoms with Crippen LogP contribution >= 0.6 is 0 Å². The molecule has 4 aliphatic rings. The van der Waals surface area contributed by atoms with Gasteiger partial charge in [0, 0.05) is 13.1 Å². The zero-order valence-corrected chi connectivity index (χ0v) is 15.6. The molecule has 1 aromatic carbocycles. The number of carbonyl (C=O) groups excluding carboxylic acids is 3. The zero-order chi connectivity index (χ0) is 19.4. The van der Waals surface area contributed by atoms with E-state index in [2.05, 4.69) is 4.90 Å². The van der Waals surface area contributed by atoms with Gasteiger partial charge in [0.1, 0.15) is 0 Å². The van der Waals surface area contributed by atoms with Gasteiger partial charge in [-0.3, -0.25) is 9.59 Å². The summed E-state index contributed by atoms with van der Waals surface area (Å²) in [6.45, 7) is 2.49. The molecule has 0 saturated carbocycles. The molecule has 0 aromatic heterocycles. The van der Waals surface area contributed by atoms with Crippen LogP contribution in [0.5, 0.6) is 0 Å². The molecule has 2 amide bonds. The fourth-order valence-electron chi connectivity index (χ4n) is 4.98. The molecular weight excluding hydrogens is 364 g/mol. The standard InChI is InChI=1S/C20H22N2O6/c1-26-20(25)12-10-11(2-3-13(12)21-6-8-27-9-7-21)22-18(23)16-14-4-5-15(28-14)17(16)19(22)24/h2-3,10,14-17H,4-9H2,1H3/t14-,15+,16-,17+. The number of morpholine rings is 1. The van der Waals surface area contributed by atoms with E-state index < -0.39 is 17.8 Å². The summed E-state index contributed by atoms with van der Waals surface area (Å²) in [5.41, 5.74) is 1.49. The molecule has 0 unspecified atom stereocenters. The first-order valence-electron chi connectivity index (χ1n) is 9.68. The molecule has 0 aliphatic carbocycles. The second-order valence-corrected chi connectivity index (χ2v) is 7.65. The lowest BCUT2D eigenvalue weighted by Gasteiger charge is -2.30. The van der Waals surface area contributed by atoms with Crippen LogP contribution in [0.2, 0.25) is 0 Å². The Labute approximate surface area is 162 Å². The highest BCUT2D eigenvalue weighted by molar-refractivity contribution is 6.23. The van der Waals surface area contributed by atoms with Crippen LogP contribution in [0.1, 0.15) is 23.2 Å². The number of fused-ring (bicyclic) bond motifs is 5. The van der Waals surface area contributed by atoms with Crippen molar-refractivity contribution in [2.24, 2.45) is 11.8 Å². The third-order valence-electron chi connectivity index (χ3n) is 6.28. The van der Waals surface area contributed by atoms with Crippen molar-refractivity contribution in [1.29, 1.82) is 0 Å². The second kappa shape index (κ2) is 6.56. The van der Waals surface area contributed by atoms with Crippen molar-refractivity contribution in [3.63, 3.8) is 0 Å². The van der Waals surface area contributed by atoms with E-state index in [1.807, 2.05) is 0 Å². The Bertz CT molecular complexity index is 821. The van der Waals surface area contributed by atoms with Gasteiger partial charge in [0.25, 0.3) is 0 Å². The first-order chi connectivity index (χ1) is 13.6. The number of rotatable bonds is 3. The first kappa shape index (κ1) is 17.6. The maximum Gasteiger partial charge on any atom is 0.340 e. The third-order valence-corrected chi connectivity index (χ3v) is 6.28. The molecule has 148 valence electrons. The van der Waals surface area contributed by atoms with Gasteiger partial charge in [-0.25, -0.2) is 9.69 Å². The molecule has 0 N–H and O–H groups in total. The lowest BCUT2D eigenvalue weighted by Crippen LogP contribution is -2.37. The number of nitrogens with zero attached hydrogens (tertiary/aromatic N) is 2. The van der Waals surface area contributed by atoms with Gasteiger partial charge in [-0.1, -0.05) is 0 Å². The summed E-state index contributed by atoms with van der Waals surface area (Å²) in [5.74, 6) is -1.74. The normalized spacial score (nSPS) is 31.5. The highest BCUT2D eigenvalue weighted by Crippen LogP contribution is 2.49. The molecule has 2 bridgehead atoms. The van der Waals surface area contributed by atoms with Crippen LogP contribution in [-0.4, -0.2) is 63.4 Å². The predicted molar refractivity (Wildman–Crippen MR) is 98.2 cm³/mol. The van der Waals surface area contributed by atoms with Gasteiger partial charge >= 0.3 is 5.97 Å². The highest BCUT2D eigenvalue weighted by atomic mass is 16.5. The lowest BCUT2D eigenvalue weighted by atomic mass is 9.81. The van der Waals surface area contributed by atoms with Gasteiger partial charge in [0.2, 0.25) is 11.8 Å². The Kier molecular flexibility index (Phi) is 4.13. The van der Waals surface area contributed by atoms with Crippen molar-refractivity contribution >= 4 is 29.2 Å². The van der Waals surface area contributed by atoms with E-state index in [1.54, 1.807) is 18.2 Å². The summed E-state index contributed by atoms with van der Waals surface area (Å²) in [7, 11) is 1.32. The molecule has 4 aliphatic heterocycles. The van der Waals surface area contributed by atoms with Crippen molar-refractivity contribution in [3.8, 4) is 0 Å². The summed E-state index contributed by atoms with van der Waals surface area (Å²) in [6.07, 6.45) is 1.32. The van der Waals surface area contributed by atoms with E-state index in [0.29, 0.717) is 37.6 Å². The molecule has 4 saturated heterocycles. The van der Waals surface area contributed by atoms with Gasteiger partial charge in [-0.2, -0.15) is 0 Å². The van der Waals surface area contributed by atoms with Crippen LogP contribution in [0.25, 0.3) is 0 Å². The number of hydrogen-bond acceptors (Lipinski definition) is 7. The minimum absolute atomic E-state index is 0.163. The maximum absolute atomic E-state index is 13.0. The maximum atomic E-state index is 13.0. The van der Waals surface area contributed by atoms with Crippen molar-refractivity contribution in [2.45, 2.75) is 25.0 Å². The first-order valence-corrected chi connectivity index (χ1v) is 9.68. The molecule has 0 radical (unpaired) electrons. The Hall–Kier alpha value is -2.45. The van der Waals surface area contributed by atoms with Crippen LogP contribution in [0.4, 0.5) is 11.4 Å². The lowest BCUT2D eigenvalue weighted by molar-refractivity contribution is -0.124. The summed E-state index contributed by atoms with van der Waals surface area (Å²) < 4.78 is 16.1. The van der Waals surface area contributed by atoms with E-state index in [1.165, 1.54) is 12.0 Å². The molecule has 8 nitrogen and oxygen atoms in total. The Morgan fingerprint density at radius 3 is 2.32 bits per heavy atom. The molecule has 0 spiro atoms. The topological polar surface area (TPSA) is 85.4 Å². The largest absolute Gasteiger partial charge is 0.465 e. The summed E-state index contributed by atoms with van der Waals surface area (Å²) in [6, 6.07) is 5.11. The summed E-state index contributed by atoms with van der Waals surface area (Å²) in [4.78, 5) is 41.7. The van der Waals surface area contributed by atoms with Crippen LogP contribution in [0, 0.1) is 11.8 Å². The SMILES string of the molecule is COC(=O)c1cc(N2C(=O)[C@@H]3[C@H](C2=O)[C@H]2CC[C@@H]3O2)ccc1N1CCOCC1. The number of benzene rings is 1. The minimum Gasteiger partial charge on any atom is -0.465 e. The van der Waals surface area contributed by atoms with Crippen LogP contribution in [0.15, 0.2) is 18.2 Å². The number of imide groups is 1. The Morgan fingerprint density at radius 2 is 1.71 bits per heavy atom. The molecule has 28 heavy (non-hydrogen) atoms. The monoisotopic (exact) mass is 386 g/mol. The average Bonchev–Trinajstić information content (AvgIpc) is 3.41. The molecule has 5 rings (SSSR count). The molecular formula is C20H22N2O6. The van der Waals surface area contributed by atoms with E-state index >= 15 is 0 Å². The number of amides is 2. The van der Waals surface area contributed by atoms with E-state index in [-0.39, 0.29) is 24.0 Å². The van der Waals surface area contributed by atoms with Gasteiger partial charge in [-0.05, 0) is 31.0 Å². The predicted octanol–water partition coefficient (Wildman–Crippen LogP) is 0.977. The zero-order valence-electron chi connectivity index (χ0n) is 15.6. The van der Waals surface area contributed by atoms with E-state index in [4.69, 9.17) is 14.2 Å². The molecule has 8 heteroatoms. The number of esters is 1. The molecule has 4 heterocycles. The Balaban J connectivity index is 1.51. The fourth-order valence-corrected chi connectivity index (χ4v) is 4.98. The van der Waals surface area contributed by atoms with Gasteiger partial charge in [0.15, 0.2) is 0 Å². The van der Waals surface area contributed by atoms with E-state index in [9.17, 15) is 14.4 Å². The third kappa shape index (κ3) is 2.48. The van der Waals surface area contributed by atoms with Crippen LogP contribution in [-0.2, 0) is 23.8 Å². The van der Waals surface area contributed by atoms with Crippen molar-refractivity contribution in [3.05, 3.63) is 23.8 Å². The quantitative estimate of drug-likeness (QED) is 0.565. The van der Waals surface area contributed by atoms with Crippen molar-refractivity contribution in [2.75, 3.05) is 43.2 Å². The Morgan fingerprint density at radius 1 is 1.07 bits per heavy atom. The summed E-state index contributed by atoms with van der Waals surface area (Å²) >= 11 is 0. The highest BCUT2D eigenvalue weighted by Gasteiger charge is 2.62. The molecule has 4 fully saturated rings. The second-order valence-electron chi connectivity index (χ2n) is 7.65. The number of carbonyl (C=O) groups is 3. The summed E-state index contributed by atoms with van der Waals surface area (Å²) in [5, 5.41) is 0.